The van der Waals surface area contributed by atoms with Crippen molar-refractivity contribution in [3.63, 3.8) is 0 Å². The van der Waals surface area contributed by atoms with Gasteiger partial charge < -0.3 is 4.74 Å². The van der Waals surface area contributed by atoms with Gasteiger partial charge in [0, 0.05) is 30.5 Å². The van der Waals surface area contributed by atoms with Crippen LogP contribution in [-0.2, 0) is 25.7 Å². The molecule has 0 aromatic heterocycles. The van der Waals surface area contributed by atoms with Gasteiger partial charge in [0.05, 0.1) is 19.3 Å². The van der Waals surface area contributed by atoms with Crippen LogP contribution in [0.25, 0.3) is 10.8 Å². The predicted molar refractivity (Wildman–Crippen MR) is 98.7 cm³/mol. The van der Waals surface area contributed by atoms with Gasteiger partial charge in [-0.05, 0) is 17.5 Å². The van der Waals surface area contributed by atoms with Crippen LogP contribution in [0.3, 0.4) is 0 Å². The van der Waals surface area contributed by atoms with E-state index in [0.717, 1.165) is 11.5 Å². The number of rotatable bonds is 2. The van der Waals surface area contributed by atoms with Crippen LogP contribution in [0.2, 0.25) is 0 Å². The van der Waals surface area contributed by atoms with E-state index in [1.54, 1.807) is 18.5 Å². The SMILES string of the molecule is COC.CS(=O)(=O)N1CC[S+](c2cccc3ccccc23)CC1. The first kappa shape index (κ1) is 18.3. The van der Waals surface area contributed by atoms with E-state index in [9.17, 15) is 8.42 Å². The Morgan fingerprint density at radius 1 is 1.00 bits per heavy atom. The quantitative estimate of drug-likeness (QED) is 0.778. The van der Waals surface area contributed by atoms with E-state index >= 15 is 0 Å². The third-order valence-corrected chi connectivity index (χ3v) is 7.34. The Kier molecular flexibility index (Phi) is 6.47. The minimum absolute atomic E-state index is 0.156. The lowest BCUT2D eigenvalue weighted by molar-refractivity contribution is 0.277. The third kappa shape index (κ3) is 4.70. The molecule has 0 aliphatic carbocycles. The molecule has 0 atom stereocenters. The van der Waals surface area contributed by atoms with E-state index < -0.39 is 10.0 Å². The van der Waals surface area contributed by atoms with Crippen molar-refractivity contribution in [3.8, 4) is 0 Å². The summed E-state index contributed by atoms with van der Waals surface area (Å²) in [5.41, 5.74) is 0. The van der Waals surface area contributed by atoms with E-state index in [1.807, 2.05) is 0 Å². The topological polar surface area (TPSA) is 46.6 Å². The number of hydrogen-bond acceptors (Lipinski definition) is 3. The van der Waals surface area contributed by atoms with Crippen molar-refractivity contribution < 1.29 is 13.2 Å². The summed E-state index contributed by atoms with van der Waals surface area (Å²) in [6.45, 7) is 1.29. The first-order chi connectivity index (χ1) is 11.0. The number of ether oxygens (including phenoxy) is 1. The molecule has 0 radical (unpaired) electrons. The van der Waals surface area contributed by atoms with Crippen LogP contribution >= 0.6 is 0 Å². The lowest BCUT2D eigenvalue weighted by Gasteiger charge is -2.24. The zero-order valence-electron chi connectivity index (χ0n) is 13.9. The monoisotopic (exact) mass is 354 g/mol. The molecule has 1 aliphatic rings. The summed E-state index contributed by atoms with van der Waals surface area (Å²) in [5.74, 6) is 1.86. The standard InChI is InChI=1S/C15H18NO2S2.C2H6O/c1-20(17,18)16-9-11-19(12-10-16)15-8-4-6-13-5-2-3-7-14(13)15;1-3-2/h2-8H,9-12H2,1H3;1-2H3/q+1;. The van der Waals surface area contributed by atoms with Gasteiger partial charge in [-0.15, -0.1) is 0 Å². The Bertz CT molecular complexity index is 733. The van der Waals surface area contributed by atoms with Gasteiger partial charge in [-0.1, -0.05) is 30.3 Å². The largest absolute Gasteiger partial charge is 0.388 e. The van der Waals surface area contributed by atoms with Crippen molar-refractivity contribution in [1.29, 1.82) is 0 Å². The molecule has 0 amide bonds. The first-order valence-electron chi connectivity index (χ1n) is 7.48. The predicted octanol–water partition coefficient (Wildman–Crippen LogP) is 2.35. The van der Waals surface area contributed by atoms with Gasteiger partial charge in [0.1, 0.15) is 11.5 Å². The molecule has 1 saturated heterocycles. The highest BCUT2D eigenvalue weighted by atomic mass is 32.2. The van der Waals surface area contributed by atoms with Gasteiger partial charge in [-0.25, -0.2) is 8.42 Å². The first-order valence-corrected chi connectivity index (χ1v) is 10.9. The smallest absolute Gasteiger partial charge is 0.211 e. The van der Waals surface area contributed by atoms with Gasteiger partial charge in [-0.2, -0.15) is 4.31 Å². The molecular formula is C17H24NO3S2+. The molecule has 23 heavy (non-hydrogen) atoms. The summed E-state index contributed by atoms with van der Waals surface area (Å²) in [6, 6.07) is 14.9. The van der Waals surface area contributed by atoms with Crippen LogP contribution in [-0.4, -0.2) is 57.8 Å². The molecule has 0 N–H and O–H groups in total. The van der Waals surface area contributed by atoms with Crippen LogP contribution in [0.5, 0.6) is 0 Å². The molecule has 1 heterocycles. The Hall–Kier alpha value is -1.08. The molecule has 3 rings (SSSR count). The highest BCUT2D eigenvalue weighted by molar-refractivity contribution is 7.97. The Morgan fingerprint density at radius 3 is 2.17 bits per heavy atom. The summed E-state index contributed by atoms with van der Waals surface area (Å²) < 4.78 is 29.0. The van der Waals surface area contributed by atoms with Gasteiger partial charge in [0.15, 0.2) is 4.90 Å². The summed E-state index contributed by atoms with van der Waals surface area (Å²) in [6.07, 6.45) is 1.30. The van der Waals surface area contributed by atoms with Crippen LogP contribution in [0.1, 0.15) is 0 Å². The summed E-state index contributed by atoms with van der Waals surface area (Å²) in [4.78, 5) is 1.39. The van der Waals surface area contributed by atoms with Gasteiger partial charge >= 0.3 is 0 Å². The number of nitrogens with zero attached hydrogens (tertiary/aromatic N) is 1. The fourth-order valence-electron chi connectivity index (χ4n) is 2.64. The van der Waals surface area contributed by atoms with E-state index in [0.29, 0.717) is 13.1 Å². The van der Waals surface area contributed by atoms with Crippen molar-refractivity contribution in [1.82, 2.24) is 4.31 Å². The maximum atomic E-state index is 11.6. The summed E-state index contributed by atoms with van der Waals surface area (Å²) in [5, 5.41) is 2.58. The number of fused-ring (bicyclic) bond motifs is 1. The lowest BCUT2D eigenvalue weighted by Crippen LogP contribution is -2.43. The number of methoxy groups -OCH3 is 1. The van der Waals surface area contributed by atoms with Gasteiger partial charge in [0.2, 0.25) is 10.0 Å². The second kappa shape index (κ2) is 8.15. The van der Waals surface area contributed by atoms with Crippen molar-refractivity contribution in [2.45, 2.75) is 4.90 Å². The summed E-state index contributed by atoms with van der Waals surface area (Å²) in [7, 11) is 0.370. The molecular weight excluding hydrogens is 330 g/mol. The zero-order valence-corrected chi connectivity index (χ0v) is 15.5. The number of hydrogen-bond donors (Lipinski definition) is 0. The van der Waals surface area contributed by atoms with Gasteiger partial charge in [0.25, 0.3) is 0 Å². The molecule has 6 heteroatoms. The molecule has 0 spiro atoms. The maximum Gasteiger partial charge on any atom is 0.211 e. The molecule has 126 valence electrons. The second-order valence-electron chi connectivity index (χ2n) is 5.45. The molecule has 1 aliphatic heterocycles. The van der Waals surface area contributed by atoms with Crippen LogP contribution in [0.4, 0.5) is 0 Å². The molecule has 2 aromatic rings. The molecule has 4 nitrogen and oxygen atoms in total. The molecule has 0 saturated carbocycles. The van der Waals surface area contributed by atoms with Crippen LogP contribution in [0, 0.1) is 0 Å². The minimum Gasteiger partial charge on any atom is -0.388 e. The Labute approximate surface area is 141 Å². The number of benzene rings is 2. The van der Waals surface area contributed by atoms with Gasteiger partial charge in [-0.3, -0.25) is 0 Å². The third-order valence-electron chi connectivity index (χ3n) is 3.70. The summed E-state index contributed by atoms with van der Waals surface area (Å²) >= 11 is 0. The van der Waals surface area contributed by atoms with E-state index in [1.165, 1.54) is 21.9 Å². The van der Waals surface area contributed by atoms with Crippen LogP contribution in [0.15, 0.2) is 47.4 Å². The molecule has 0 bridgehead atoms. The highest BCUT2D eigenvalue weighted by Gasteiger charge is 2.33. The number of sulfonamides is 1. The van der Waals surface area contributed by atoms with E-state index in [2.05, 4.69) is 47.2 Å². The molecule has 0 unspecified atom stereocenters. The second-order valence-corrected chi connectivity index (χ2v) is 9.67. The Morgan fingerprint density at radius 2 is 1.57 bits per heavy atom. The van der Waals surface area contributed by atoms with Crippen LogP contribution < -0.4 is 0 Å². The normalized spacial score (nSPS) is 16.8. The zero-order chi connectivity index (χ0) is 16.9. The average Bonchev–Trinajstić information content (AvgIpc) is 2.54. The maximum absolute atomic E-state index is 11.6. The van der Waals surface area contributed by atoms with Crippen molar-refractivity contribution in [2.75, 3.05) is 45.1 Å². The van der Waals surface area contributed by atoms with Crippen molar-refractivity contribution in [2.24, 2.45) is 0 Å². The van der Waals surface area contributed by atoms with Crippen molar-refractivity contribution in [3.05, 3.63) is 42.5 Å². The lowest BCUT2D eigenvalue weighted by atomic mass is 10.1. The average molecular weight is 355 g/mol. The molecule has 2 aromatic carbocycles. The Balaban J connectivity index is 0.000000595. The van der Waals surface area contributed by atoms with E-state index in [-0.39, 0.29) is 10.9 Å². The fourth-order valence-corrected chi connectivity index (χ4v) is 6.01. The fraction of sp³-hybridized carbons (Fsp3) is 0.412. The minimum atomic E-state index is -3.04. The van der Waals surface area contributed by atoms with E-state index in [4.69, 9.17) is 0 Å². The molecule has 1 fully saturated rings. The highest BCUT2D eigenvalue weighted by Crippen LogP contribution is 2.27. The van der Waals surface area contributed by atoms with Crippen molar-refractivity contribution >= 4 is 31.7 Å².